The normalized spacial score (nSPS) is 10.0. The molecule has 0 heterocycles. The van der Waals surface area contributed by atoms with Crippen molar-refractivity contribution in [1.29, 1.82) is 0 Å². The minimum absolute atomic E-state index is 0. The summed E-state index contributed by atoms with van der Waals surface area (Å²) in [5, 5.41) is 2.44. The Morgan fingerprint density at radius 3 is 2.00 bits per heavy atom. The van der Waals surface area contributed by atoms with E-state index in [4.69, 9.17) is 23.3 Å². The fourth-order valence-corrected chi connectivity index (χ4v) is 1.21. The van der Waals surface area contributed by atoms with Gasteiger partial charge in [0.05, 0.1) is 0 Å². The zero-order chi connectivity index (χ0) is 12.2. The first-order valence-electron chi connectivity index (χ1n) is 4.30. The molecule has 2 rings (SSSR count). The molecule has 0 saturated carbocycles. The maximum absolute atomic E-state index is 8.74. The number of nitrogen functional groups attached to an aromatic ring is 1. The van der Waals surface area contributed by atoms with Gasteiger partial charge in [0.25, 0.3) is 0 Å². The van der Waals surface area contributed by atoms with Crippen LogP contribution in [-0.4, -0.2) is 17.5 Å². The molecule has 0 radical (unpaired) electrons. The van der Waals surface area contributed by atoms with E-state index in [-0.39, 0.29) is 31.0 Å². The zero-order valence-electron chi connectivity index (χ0n) is 10.2. The fraction of sp³-hybridized carbons (Fsp3) is 0. The van der Waals surface area contributed by atoms with E-state index in [0.29, 0.717) is 0 Å². The molecule has 0 atom stereocenters. The number of rotatable bonds is 0. The van der Waals surface area contributed by atoms with Crippen LogP contribution in [0.25, 0.3) is 10.8 Å². The van der Waals surface area contributed by atoms with E-state index in [1.54, 1.807) is 0 Å². The van der Waals surface area contributed by atoms with Crippen LogP contribution in [0.15, 0.2) is 42.5 Å². The van der Waals surface area contributed by atoms with Gasteiger partial charge in [-0.05, 0) is 22.9 Å². The monoisotopic (exact) mass is 265 g/mol. The Kier molecular flexibility index (Phi) is 6.69. The van der Waals surface area contributed by atoms with Crippen LogP contribution in [0.4, 0.5) is 5.69 Å². The topological polar surface area (TPSA) is 101 Å². The molecule has 0 aliphatic heterocycles. The Bertz CT molecular complexity index is 583. The second kappa shape index (κ2) is 6.95. The van der Waals surface area contributed by atoms with Crippen LogP contribution < -0.4 is 35.3 Å². The molecule has 2 aromatic rings. The second-order valence-corrected chi connectivity index (χ2v) is 3.95. The molecule has 2 aromatic carbocycles. The van der Waals surface area contributed by atoms with Crippen molar-refractivity contribution in [3.05, 3.63) is 42.5 Å². The van der Waals surface area contributed by atoms with Gasteiger partial charge < -0.3 is 7.16 Å². The van der Waals surface area contributed by atoms with Gasteiger partial charge in [-0.2, -0.15) is 8.42 Å². The number of anilines is 1. The Balaban J connectivity index is 0. The van der Waals surface area contributed by atoms with Crippen LogP contribution in [0.5, 0.6) is 0 Å². The number of nitrogens with two attached hydrogens (primary N) is 1. The fourth-order valence-electron chi connectivity index (χ4n) is 1.21. The van der Waals surface area contributed by atoms with Crippen molar-refractivity contribution in [2.45, 2.75) is 0 Å². The summed E-state index contributed by atoms with van der Waals surface area (Å²) in [5.74, 6) is 0. The van der Waals surface area contributed by atoms with Gasteiger partial charge in [0, 0.05) is 5.69 Å². The summed E-state index contributed by atoms with van der Waals surface area (Å²) in [4.78, 5) is 0. The molecule has 0 bridgehead atoms. The minimum atomic E-state index is -4.67. The third kappa shape index (κ3) is 7.32. The third-order valence-corrected chi connectivity index (χ3v) is 1.77. The smallest absolute Gasteiger partial charge is 1.00 e. The van der Waals surface area contributed by atoms with Gasteiger partial charge >= 0.3 is 40.0 Å². The maximum atomic E-state index is 8.74. The van der Waals surface area contributed by atoms with Gasteiger partial charge in [0.15, 0.2) is 0 Å². The molecule has 7 heteroatoms. The summed E-state index contributed by atoms with van der Waals surface area (Å²) >= 11 is 0. The summed E-state index contributed by atoms with van der Waals surface area (Å²) < 4.78 is 31.6. The van der Waals surface area contributed by atoms with Crippen molar-refractivity contribution in [3.63, 3.8) is 0 Å². The van der Waals surface area contributed by atoms with E-state index in [0.717, 1.165) is 5.69 Å². The minimum Gasteiger partial charge on any atom is -1.00 e. The van der Waals surface area contributed by atoms with E-state index in [9.17, 15) is 0 Å². The number of hydrogen-bond acceptors (Lipinski definition) is 3. The van der Waals surface area contributed by atoms with Gasteiger partial charge in [-0.15, -0.1) is 0 Å². The van der Waals surface area contributed by atoms with Crippen molar-refractivity contribution in [2.24, 2.45) is 0 Å². The van der Waals surface area contributed by atoms with Crippen LogP contribution in [0, 0.1) is 0 Å². The van der Waals surface area contributed by atoms with Gasteiger partial charge in [-0.25, -0.2) is 0 Å². The van der Waals surface area contributed by atoms with Crippen LogP contribution in [0.1, 0.15) is 1.43 Å². The molecule has 0 aromatic heterocycles. The van der Waals surface area contributed by atoms with E-state index >= 15 is 0 Å². The van der Waals surface area contributed by atoms with Crippen molar-refractivity contribution in [3.8, 4) is 0 Å². The third-order valence-electron chi connectivity index (χ3n) is 1.77. The molecular formula is C10H12NNaO4S. The molecule has 0 unspecified atom stereocenters. The average molecular weight is 265 g/mol. The molecule has 0 amide bonds. The van der Waals surface area contributed by atoms with Crippen LogP contribution in [0.2, 0.25) is 0 Å². The average Bonchev–Trinajstić information content (AvgIpc) is 2.15. The quantitative estimate of drug-likeness (QED) is 0.318. The molecule has 17 heavy (non-hydrogen) atoms. The summed E-state index contributed by atoms with van der Waals surface area (Å²) in [7, 11) is -4.67. The summed E-state index contributed by atoms with van der Waals surface area (Å²) in [6.07, 6.45) is 0. The van der Waals surface area contributed by atoms with Crippen molar-refractivity contribution in [2.75, 3.05) is 5.73 Å². The first-order chi connectivity index (χ1) is 7.36. The number of hydrogen-bond donors (Lipinski definition) is 3. The molecule has 0 spiro atoms. The van der Waals surface area contributed by atoms with Crippen LogP contribution >= 0.6 is 0 Å². The van der Waals surface area contributed by atoms with Crippen LogP contribution in [0.3, 0.4) is 0 Å². The Labute approximate surface area is 123 Å². The summed E-state index contributed by atoms with van der Waals surface area (Å²) in [6.45, 7) is 0. The van der Waals surface area contributed by atoms with E-state index < -0.39 is 10.4 Å². The zero-order valence-corrected chi connectivity index (χ0v) is 12.1. The van der Waals surface area contributed by atoms with Gasteiger partial charge in [-0.3, -0.25) is 9.11 Å². The van der Waals surface area contributed by atoms with E-state index in [1.165, 1.54) is 10.8 Å². The molecule has 0 aliphatic carbocycles. The maximum Gasteiger partial charge on any atom is 1.00 e. The van der Waals surface area contributed by atoms with E-state index in [1.807, 2.05) is 30.3 Å². The molecule has 88 valence electrons. The second-order valence-electron chi connectivity index (χ2n) is 3.05. The Morgan fingerprint density at radius 1 is 1.00 bits per heavy atom. The molecule has 5 nitrogen and oxygen atoms in total. The Morgan fingerprint density at radius 2 is 1.47 bits per heavy atom. The van der Waals surface area contributed by atoms with Crippen molar-refractivity contribution < 1.29 is 48.5 Å². The van der Waals surface area contributed by atoms with Gasteiger partial charge in [0.2, 0.25) is 0 Å². The SMILES string of the molecule is Nc1ccc2ccccc2c1.O=S(=O)(O)O.[H-].[Na+]. The van der Waals surface area contributed by atoms with Crippen molar-refractivity contribution in [1.82, 2.24) is 0 Å². The molecule has 0 fully saturated rings. The van der Waals surface area contributed by atoms with Gasteiger partial charge in [-0.1, -0.05) is 30.3 Å². The predicted octanol–water partition coefficient (Wildman–Crippen LogP) is -1.11. The predicted molar refractivity (Wildman–Crippen MR) is 63.6 cm³/mol. The first-order valence-corrected chi connectivity index (χ1v) is 5.70. The Hall–Kier alpha value is -0.630. The number of benzene rings is 2. The van der Waals surface area contributed by atoms with Crippen molar-refractivity contribution >= 4 is 26.9 Å². The first kappa shape index (κ1) is 16.4. The van der Waals surface area contributed by atoms with E-state index in [2.05, 4.69) is 12.1 Å². The largest absolute Gasteiger partial charge is 1.00 e. The van der Waals surface area contributed by atoms with Gasteiger partial charge in [0.1, 0.15) is 0 Å². The molecule has 0 saturated heterocycles. The molecular weight excluding hydrogens is 253 g/mol. The van der Waals surface area contributed by atoms with Crippen LogP contribution in [-0.2, 0) is 10.4 Å². The standard InChI is InChI=1S/C10H9N.Na.H2O4S.H/c11-10-6-5-8-3-1-2-4-9(8)7-10;;1-5(2,3)4;/h1-7H,11H2;;(H2,1,2,3,4);/q;+1;;-1. The summed E-state index contributed by atoms with van der Waals surface area (Å²) in [6, 6.07) is 14.1. The molecule has 0 aliphatic rings. The molecule has 4 N–H and O–H groups in total. The summed E-state index contributed by atoms with van der Waals surface area (Å²) in [5.41, 5.74) is 6.45. The number of fused-ring (bicyclic) bond motifs is 1.